The number of imidazole rings is 1. The molecule has 0 saturated heterocycles. The Morgan fingerprint density at radius 1 is 1.20 bits per heavy atom. The van der Waals surface area contributed by atoms with Gasteiger partial charge < -0.3 is 19.8 Å². The first kappa shape index (κ1) is 26.2. The fraction of sp³-hybridized carbons (Fsp3) is 0.167. The van der Waals surface area contributed by atoms with Gasteiger partial charge in [0.15, 0.2) is 0 Å². The summed E-state index contributed by atoms with van der Waals surface area (Å²) in [4.78, 5) is 32.0. The standard InChI is InChI=1S/C24H23Br2N5O4/c1-2-8-34-22-19(25)9-17(10-20(22)26)12-29-31-23(32)21(11-18-13-27-15-28-18)30-24(33)35-14-16-6-4-3-5-7-16/h2-7,9-10,12-13,15,21H,1,8,11,14H2,(H,27,28)(H,30,33)(H,31,32)/b29-12-/t21-/m1/s1. The van der Waals surface area contributed by atoms with Crippen LogP contribution in [0.2, 0.25) is 0 Å². The normalized spacial score (nSPS) is 11.6. The fourth-order valence-corrected chi connectivity index (χ4v) is 4.37. The molecule has 0 aliphatic carbocycles. The molecule has 3 aromatic rings. The van der Waals surface area contributed by atoms with Crippen molar-refractivity contribution >= 4 is 50.1 Å². The molecule has 0 radical (unpaired) electrons. The van der Waals surface area contributed by atoms with E-state index in [0.29, 0.717) is 32.6 Å². The number of carbonyl (C=O) groups is 2. The molecule has 2 aromatic carbocycles. The summed E-state index contributed by atoms with van der Waals surface area (Å²) in [6, 6.07) is 11.9. The third-order valence-electron chi connectivity index (χ3n) is 4.55. The van der Waals surface area contributed by atoms with E-state index in [1.807, 2.05) is 30.3 Å². The number of benzene rings is 2. The molecule has 2 amide bonds. The molecule has 0 fully saturated rings. The number of ether oxygens (including phenoxy) is 2. The van der Waals surface area contributed by atoms with Crippen molar-refractivity contribution in [1.82, 2.24) is 20.7 Å². The Bertz CT molecular complexity index is 1150. The van der Waals surface area contributed by atoms with E-state index in [0.717, 1.165) is 5.56 Å². The molecule has 11 heteroatoms. The highest BCUT2D eigenvalue weighted by Gasteiger charge is 2.22. The van der Waals surface area contributed by atoms with Crippen LogP contribution in [0.3, 0.4) is 0 Å². The lowest BCUT2D eigenvalue weighted by molar-refractivity contribution is -0.123. The Labute approximate surface area is 219 Å². The minimum absolute atomic E-state index is 0.0828. The van der Waals surface area contributed by atoms with Crippen molar-refractivity contribution in [3.8, 4) is 5.75 Å². The number of alkyl carbamates (subject to hydrolysis) is 1. The number of rotatable bonds is 11. The SMILES string of the molecule is C=CCOc1c(Br)cc(/C=N\NC(=O)[C@@H](Cc2cnc[nH]2)NC(=O)OCc2ccccc2)cc1Br. The van der Waals surface area contributed by atoms with Crippen LogP contribution in [0.15, 0.2) is 81.7 Å². The van der Waals surface area contributed by atoms with Crippen LogP contribution in [-0.2, 0) is 22.6 Å². The van der Waals surface area contributed by atoms with Crippen LogP contribution in [0.4, 0.5) is 4.79 Å². The van der Waals surface area contributed by atoms with Gasteiger partial charge in [0.05, 0.1) is 21.5 Å². The molecule has 1 aromatic heterocycles. The number of nitrogens with zero attached hydrogens (tertiary/aromatic N) is 2. The van der Waals surface area contributed by atoms with Gasteiger partial charge in [-0.1, -0.05) is 43.0 Å². The molecule has 35 heavy (non-hydrogen) atoms. The molecule has 0 spiro atoms. The van der Waals surface area contributed by atoms with E-state index in [-0.39, 0.29) is 13.0 Å². The third kappa shape index (κ3) is 8.37. The first-order valence-electron chi connectivity index (χ1n) is 10.5. The maximum atomic E-state index is 12.8. The highest BCUT2D eigenvalue weighted by atomic mass is 79.9. The zero-order valence-electron chi connectivity index (χ0n) is 18.5. The van der Waals surface area contributed by atoms with Gasteiger partial charge in [0.2, 0.25) is 0 Å². The van der Waals surface area contributed by atoms with Gasteiger partial charge in [-0.3, -0.25) is 4.79 Å². The van der Waals surface area contributed by atoms with Crippen LogP contribution in [0, 0.1) is 0 Å². The Balaban J connectivity index is 1.62. The van der Waals surface area contributed by atoms with Gasteiger partial charge in [-0.15, -0.1) is 0 Å². The van der Waals surface area contributed by atoms with Gasteiger partial charge >= 0.3 is 6.09 Å². The molecule has 0 aliphatic rings. The number of carbonyl (C=O) groups excluding carboxylic acids is 2. The minimum atomic E-state index is -0.941. The van der Waals surface area contributed by atoms with Crippen molar-refractivity contribution in [3.05, 3.63) is 93.4 Å². The van der Waals surface area contributed by atoms with Gasteiger partial charge in [-0.25, -0.2) is 15.2 Å². The second-order valence-electron chi connectivity index (χ2n) is 7.19. The van der Waals surface area contributed by atoms with E-state index < -0.39 is 18.0 Å². The van der Waals surface area contributed by atoms with Crippen LogP contribution in [0.25, 0.3) is 0 Å². The van der Waals surface area contributed by atoms with Crippen molar-refractivity contribution < 1.29 is 19.1 Å². The molecule has 3 rings (SSSR count). The number of halogens is 2. The highest BCUT2D eigenvalue weighted by molar-refractivity contribution is 9.11. The smallest absolute Gasteiger partial charge is 0.408 e. The van der Waals surface area contributed by atoms with E-state index in [2.05, 4.69) is 64.3 Å². The van der Waals surface area contributed by atoms with Gasteiger partial charge in [0.1, 0.15) is 25.0 Å². The summed E-state index contributed by atoms with van der Waals surface area (Å²) in [5.74, 6) is 0.112. The lowest BCUT2D eigenvalue weighted by atomic mass is 10.1. The second-order valence-corrected chi connectivity index (χ2v) is 8.90. The molecule has 0 saturated carbocycles. The molecule has 9 nitrogen and oxygen atoms in total. The zero-order chi connectivity index (χ0) is 25.0. The monoisotopic (exact) mass is 603 g/mol. The van der Waals surface area contributed by atoms with E-state index in [1.54, 1.807) is 24.4 Å². The Morgan fingerprint density at radius 3 is 2.60 bits per heavy atom. The number of H-pyrrole nitrogens is 1. The molecular weight excluding hydrogens is 582 g/mol. The lowest BCUT2D eigenvalue weighted by Crippen LogP contribution is -2.47. The van der Waals surface area contributed by atoms with E-state index in [4.69, 9.17) is 9.47 Å². The topological polar surface area (TPSA) is 118 Å². The molecule has 1 atom stereocenters. The summed E-state index contributed by atoms with van der Waals surface area (Å²) in [6.45, 7) is 4.08. The first-order chi connectivity index (χ1) is 17.0. The summed E-state index contributed by atoms with van der Waals surface area (Å²) >= 11 is 6.91. The summed E-state index contributed by atoms with van der Waals surface area (Å²) in [5.41, 5.74) is 4.67. The quantitative estimate of drug-likeness (QED) is 0.169. The van der Waals surface area contributed by atoms with Crippen molar-refractivity contribution in [2.45, 2.75) is 19.1 Å². The van der Waals surface area contributed by atoms with Gasteiger partial charge in [-0.05, 0) is 55.1 Å². The van der Waals surface area contributed by atoms with Gasteiger partial charge in [-0.2, -0.15) is 5.10 Å². The van der Waals surface area contributed by atoms with Gasteiger partial charge in [0, 0.05) is 18.3 Å². The summed E-state index contributed by atoms with van der Waals surface area (Å²) < 4.78 is 12.3. The number of amides is 2. The molecule has 0 bridgehead atoms. The molecule has 182 valence electrons. The Hall–Kier alpha value is -3.44. The third-order valence-corrected chi connectivity index (χ3v) is 5.73. The van der Waals surface area contributed by atoms with Crippen molar-refractivity contribution in [1.29, 1.82) is 0 Å². The maximum Gasteiger partial charge on any atom is 0.408 e. The van der Waals surface area contributed by atoms with Crippen LogP contribution in [-0.4, -0.2) is 40.8 Å². The Kier molecular flexibility index (Phi) is 10.1. The minimum Gasteiger partial charge on any atom is -0.487 e. The van der Waals surface area contributed by atoms with Crippen LogP contribution < -0.4 is 15.5 Å². The largest absolute Gasteiger partial charge is 0.487 e. The second kappa shape index (κ2) is 13.4. The predicted octanol–water partition coefficient (Wildman–Crippen LogP) is 4.49. The summed E-state index contributed by atoms with van der Waals surface area (Å²) in [7, 11) is 0. The average Bonchev–Trinajstić information content (AvgIpc) is 3.36. The lowest BCUT2D eigenvalue weighted by Gasteiger charge is -2.16. The number of aromatic amines is 1. The van der Waals surface area contributed by atoms with Crippen molar-refractivity contribution in [2.24, 2.45) is 5.10 Å². The van der Waals surface area contributed by atoms with Crippen LogP contribution >= 0.6 is 31.9 Å². The molecular formula is C24H23Br2N5O4. The van der Waals surface area contributed by atoms with E-state index >= 15 is 0 Å². The fourth-order valence-electron chi connectivity index (χ4n) is 2.92. The maximum absolute atomic E-state index is 12.8. The predicted molar refractivity (Wildman–Crippen MR) is 139 cm³/mol. The van der Waals surface area contributed by atoms with Crippen LogP contribution in [0.1, 0.15) is 16.8 Å². The first-order valence-corrected chi connectivity index (χ1v) is 12.0. The molecule has 1 heterocycles. The summed E-state index contributed by atoms with van der Waals surface area (Å²) in [6.07, 6.45) is 5.65. The van der Waals surface area contributed by atoms with Crippen LogP contribution in [0.5, 0.6) is 5.75 Å². The number of aromatic nitrogens is 2. The number of hydrogen-bond donors (Lipinski definition) is 3. The zero-order valence-corrected chi connectivity index (χ0v) is 21.7. The summed E-state index contributed by atoms with van der Waals surface area (Å²) in [5, 5.41) is 6.61. The van der Waals surface area contributed by atoms with Crippen molar-refractivity contribution in [2.75, 3.05) is 6.61 Å². The molecule has 3 N–H and O–H groups in total. The number of hydrogen-bond acceptors (Lipinski definition) is 6. The van der Waals surface area contributed by atoms with Gasteiger partial charge in [0.25, 0.3) is 5.91 Å². The average molecular weight is 605 g/mol. The molecule has 0 unspecified atom stereocenters. The van der Waals surface area contributed by atoms with Crippen molar-refractivity contribution in [3.63, 3.8) is 0 Å². The van der Waals surface area contributed by atoms with E-state index in [9.17, 15) is 9.59 Å². The number of hydrazone groups is 1. The highest BCUT2D eigenvalue weighted by Crippen LogP contribution is 2.34. The Morgan fingerprint density at radius 2 is 1.94 bits per heavy atom. The molecule has 0 aliphatic heterocycles. The number of nitrogens with one attached hydrogen (secondary N) is 3. The van der Waals surface area contributed by atoms with E-state index in [1.165, 1.54) is 12.5 Å².